The van der Waals surface area contributed by atoms with Crippen molar-refractivity contribution in [2.75, 3.05) is 45.1 Å². The minimum Gasteiger partial charge on any atom is -0.356 e. The smallest absolute Gasteiger partial charge is 0.311 e. The molecule has 1 aromatic carbocycles. The lowest BCUT2D eigenvalue weighted by atomic mass is 10.1. The van der Waals surface area contributed by atoms with Crippen molar-refractivity contribution in [3.05, 3.63) is 64.3 Å². The maximum atomic E-state index is 11.3. The fourth-order valence-corrected chi connectivity index (χ4v) is 3.03. The van der Waals surface area contributed by atoms with E-state index in [1.54, 1.807) is 12.3 Å². The molecule has 7 heteroatoms. The predicted molar refractivity (Wildman–Crippen MR) is 97.6 cm³/mol. The van der Waals surface area contributed by atoms with E-state index in [1.165, 1.54) is 6.07 Å². The molecule has 1 atom stereocenters. The summed E-state index contributed by atoms with van der Waals surface area (Å²) < 4.78 is 0. The number of piperazine rings is 1. The minimum absolute atomic E-state index is 0.00167. The van der Waals surface area contributed by atoms with Crippen LogP contribution in [0.1, 0.15) is 11.6 Å². The van der Waals surface area contributed by atoms with Gasteiger partial charge in [0.15, 0.2) is 0 Å². The molecule has 0 radical (unpaired) electrons. The van der Waals surface area contributed by atoms with Gasteiger partial charge in [0.1, 0.15) is 0 Å². The Hall–Kier alpha value is -2.51. The van der Waals surface area contributed by atoms with Gasteiger partial charge >= 0.3 is 5.69 Å². The second kappa shape index (κ2) is 8.04. The Morgan fingerprint density at radius 2 is 1.88 bits per heavy atom. The first-order valence-electron chi connectivity index (χ1n) is 8.45. The van der Waals surface area contributed by atoms with Gasteiger partial charge in [-0.15, -0.1) is 0 Å². The highest BCUT2D eigenvalue weighted by Crippen LogP contribution is 2.26. The molecule has 0 spiro atoms. The molecule has 1 N–H and O–H groups in total. The average molecular weight is 341 g/mol. The first kappa shape index (κ1) is 17.3. The number of hydrogen-bond donors (Lipinski definition) is 1. The van der Waals surface area contributed by atoms with E-state index in [-0.39, 0.29) is 11.7 Å². The molecule has 1 saturated heterocycles. The zero-order valence-electron chi connectivity index (χ0n) is 14.3. The molecule has 7 nitrogen and oxygen atoms in total. The highest BCUT2D eigenvalue weighted by Gasteiger charge is 2.23. The molecule has 25 heavy (non-hydrogen) atoms. The Balaban J connectivity index is 1.81. The molecule has 0 aliphatic carbocycles. The number of likely N-dealkylation sites (N-methyl/N-ethyl adjacent to an activating group) is 1. The van der Waals surface area contributed by atoms with Gasteiger partial charge in [-0.1, -0.05) is 30.3 Å². The Bertz CT molecular complexity index is 702. The first-order valence-corrected chi connectivity index (χ1v) is 8.45. The third-order valence-corrected chi connectivity index (χ3v) is 4.53. The van der Waals surface area contributed by atoms with E-state index in [0.717, 1.165) is 38.3 Å². The van der Waals surface area contributed by atoms with Crippen molar-refractivity contribution in [2.24, 2.45) is 0 Å². The van der Waals surface area contributed by atoms with Crippen LogP contribution in [0.5, 0.6) is 0 Å². The Kier molecular flexibility index (Phi) is 5.57. The SMILES string of the molecule is CN1CCN(CC(Nc2ncccc2[N+](=O)[O-])c2ccccc2)CC1. The van der Waals surface area contributed by atoms with E-state index in [0.29, 0.717) is 5.82 Å². The van der Waals surface area contributed by atoms with Crippen molar-refractivity contribution in [3.63, 3.8) is 0 Å². The predicted octanol–water partition coefficient (Wildman–Crippen LogP) is 2.39. The monoisotopic (exact) mass is 341 g/mol. The van der Waals surface area contributed by atoms with E-state index in [1.807, 2.05) is 30.3 Å². The summed E-state index contributed by atoms with van der Waals surface area (Å²) in [5.41, 5.74) is 1.10. The topological polar surface area (TPSA) is 74.5 Å². The average Bonchev–Trinajstić information content (AvgIpc) is 2.64. The largest absolute Gasteiger partial charge is 0.356 e. The normalized spacial score (nSPS) is 17.2. The molecule has 3 rings (SSSR count). The van der Waals surface area contributed by atoms with Crippen LogP contribution >= 0.6 is 0 Å². The van der Waals surface area contributed by atoms with Crippen molar-refractivity contribution in [3.8, 4) is 0 Å². The van der Waals surface area contributed by atoms with Crippen LogP contribution in [0.25, 0.3) is 0 Å². The number of nitrogens with one attached hydrogen (secondary N) is 1. The molecule has 0 bridgehead atoms. The third kappa shape index (κ3) is 4.52. The molecule has 2 heterocycles. The van der Waals surface area contributed by atoms with Crippen molar-refractivity contribution in [2.45, 2.75) is 6.04 Å². The molecule has 2 aromatic rings. The van der Waals surface area contributed by atoms with Gasteiger partial charge in [-0.3, -0.25) is 15.0 Å². The lowest BCUT2D eigenvalue weighted by Gasteiger charge is -2.35. The number of anilines is 1. The molecule has 1 fully saturated rings. The number of nitrogens with zero attached hydrogens (tertiary/aromatic N) is 4. The highest BCUT2D eigenvalue weighted by molar-refractivity contribution is 5.56. The van der Waals surface area contributed by atoms with Crippen LogP contribution in [0.2, 0.25) is 0 Å². The van der Waals surface area contributed by atoms with E-state index >= 15 is 0 Å². The molecule has 132 valence electrons. The fourth-order valence-electron chi connectivity index (χ4n) is 3.03. The summed E-state index contributed by atoms with van der Waals surface area (Å²) in [6.45, 7) is 4.83. The Morgan fingerprint density at radius 3 is 2.56 bits per heavy atom. The van der Waals surface area contributed by atoms with Gasteiger partial charge in [0, 0.05) is 45.0 Å². The second-order valence-electron chi connectivity index (χ2n) is 6.34. The lowest BCUT2D eigenvalue weighted by molar-refractivity contribution is -0.384. The second-order valence-corrected chi connectivity index (χ2v) is 6.34. The zero-order valence-corrected chi connectivity index (χ0v) is 14.3. The number of benzene rings is 1. The quantitative estimate of drug-likeness (QED) is 0.642. The standard InChI is InChI=1S/C18H23N5O2/c1-21-10-12-22(13-11-21)14-16(15-6-3-2-4-7-15)20-18-17(23(24)25)8-5-9-19-18/h2-9,16H,10-14H2,1H3,(H,19,20). The summed E-state index contributed by atoms with van der Waals surface area (Å²) in [4.78, 5) is 19.8. The van der Waals surface area contributed by atoms with E-state index in [2.05, 4.69) is 27.1 Å². The summed E-state index contributed by atoms with van der Waals surface area (Å²) in [5.74, 6) is 0.315. The summed E-state index contributed by atoms with van der Waals surface area (Å²) in [6.07, 6.45) is 1.58. The van der Waals surface area contributed by atoms with Gasteiger partial charge < -0.3 is 10.2 Å². The van der Waals surface area contributed by atoms with Gasteiger partial charge in [0.25, 0.3) is 0 Å². The molecule has 0 amide bonds. The third-order valence-electron chi connectivity index (χ3n) is 4.53. The maximum absolute atomic E-state index is 11.3. The van der Waals surface area contributed by atoms with Crippen LogP contribution in [0.3, 0.4) is 0 Å². The molecular weight excluding hydrogens is 318 g/mol. The number of rotatable bonds is 6. The van der Waals surface area contributed by atoms with E-state index in [4.69, 9.17) is 0 Å². The van der Waals surface area contributed by atoms with Crippen LogP contribution in [0, 0.1) is 10.1 Å². The van der Waals surface area contributed by atoms with Gasteiger partial charge in [-0.05, 0) is 18.7 Å². The van der Waals surface area contributed by atoms with Gasteiger partial charge in [-0.25, -0.2) is 4.98 Å². The zero-order chi connectivity index (χ0) is 17.6. The number of pyridine rings is 1. The molecule has 1 unspecified atom stereocenters. The highest BCUT2D eigenvalue weighted by atomic mass is 16.6. The van der Waals surface area contributed by atoms with Crippen LogP contribution in [-0.4, -0.2) is 59.5 Å². The molecule has 0 saturated carbocycles. The van der Waals surface area contributed by atoms with Crippen molar-refractivity contribution >= 4 is 11.5 Å². The summed E-state index contributed by atoms with van der Waals surface area (Å²) in [6, 6.07) is 13.0. The van der Waals surface area contributed by atoms with Crippen molar-refractivity contribution in [1.82, 2.24) is 14.8 Å². The number of nitro groups is 1. The van der Waals surface area contributed by atoms with Crippen LogP contribution in [-0.2, 0) is 0 Å². The van der Waals surface area contributed by atoms with Crippen molar-refractivity contribution in [1.29, 1.82) is 0 Å². The van der Waals surface area contributed by atoms with E-state index in [9.17, 15) is 10.1 Å². The summed E-state index contributed by atoms with van der Waals surface area (Å²) >= 11 is 0. The van der Waals surface area contributed by atoms with E-state index < -0.39 is 4.92 Å². The number of aromatic nitrogens is 1. The fraction of sp³-hybridized carbons (Fsp3) is 0.389. The molecule has 1 aromatic heterocycles. The summed E-state index contributed by atoms with van der Waals surface area (Å²) in [7, 11) is 2.13. The van der Waals surface area contributed by atoms with Crippen LogP contribution < -0.4 is 5.32 Å². The summed E-state index contributed by atoms with van der Waals surface area (Å²) in [5, 5.41) is 14.6. The van der Waals surface area contributed by atoms with Gasteiger partial charge in [-0.2, -0.15) is 0 Å². The van der Waals surface area contributed by atoms with Crippen molar-refractivity contribution < 1.29 is 4.92 Å². The Morgan fingerprint density at radius 1 is 1.16 bits per heavy atom. The van der Waals surface area contributed by atoms with Gasteiger partial charge in [0.05, 0.1) is 11.0 Å². The molecule has 1 aliphatic rings. The minimum atomic E-state index is -0.396. The first-order chi connectivity index (χ1) is 12.1. The van der Waals surface area contributed by atoms with Crippen LogP contribution in [0.15, 0.2) is 48.7 Å². The lowest BCUT2D eigenvalue weighted by Crippen LogP contribution is -2.46. The van der Waals surface area contributed by atoms with Crippen LogP contribution in [0.4, 0.5) is 11.5 Å². The number of hydrogen-bond acceptors (Lipinski definition) is 6. The molecule has 1 aliphatic heterocycles. The Labute approximate surface area is 147 Å². The van der Waals surface area contributed by atoms with Gasteiger partial charge in [0.2, 0.25) is 5.82 Å². The molecular formula is C18H23N5O2. The maximum Gasteiger partial charge on any atom is 0.311 e.